The maximum absolute atomic E-state index is 13.2. The second kappa shape index (κ2) is 10.6. The third-order valence-electron chi connectivity index (χ3n) is 7.40. The maximum Gasteiger partial charge on any atom is 0.309 e. The van der Waals surface area contributed by atoms with Gasteiger partial charge in [0.2, 0.25) is 0 Å². The highest BCUT2D eigenvalue weighted by atomic mass is 16.5. The Labute approximate surface area is 208 Å². The Morgan fingerprint density at radius 2 is 1.63 bits per heavy atom. The third kappa shape index (κ3) is 5.92. The molecule has 0 spiro atoms. The number of methoxy groups -OCH3 is 1. The SMILES string of the molecule is COc1ccc([C@@H]2CC(c3ccccc3)=NN2C(=O)COC(=O)C2CCC(C(C)(C)C)CC2)cc1. The van der Waals surface area contributed by atoms with Crippen molar-refractivity contribution in [3.05, 3.63) is 65.7 Å². The Morgan fingerprint density at radius 3 is 2.23 bits per heavy atom. The molecular weight excluding hydrogens is 440 g/mol. The Kier molecular flexibility index (Phi) is 7.58. The Bertz CT molecular complexity index is 1050. The minimum absolute atomic E-state index is 0.124. The number of hydrogen-bond donors (Lipinski definition) is 0. The van der Waals surface area contributed by atoms with Crippen LogP contribution in [0.4, 0.5) is 0 Å². The van der Waals surface area contributed by atoms with Crippen molar-refractivity contribution in [3.63, 3.8) is 0 Å². The molecule has 2 aromatic rings. The minimum Gasteiger partial charge on any atom is -0.497 e. The van der Waals surface area contributed by atoms with Crippen LogP contribution in [0.5, 0.6) is 5.75 Å². The monoisotopic (exact) mass is 476 g/mol. The number of amides is 1. The maximum atomic E-state index is 13.2. The van der Waals surface area contributed by atoms with Crippen LogP contribution in [0.2, 0.25) is 0 Å². The van der Waals surface area contributed by atoms with Crippen molar-refractivity contribution in [2.45, 2.75) is 58.9 Å². The molecule has 2 aliphatic rings. The van der Waals surface area contributed by atoms with E-state index >= 15 is 0 Å². The predicted molar refractivity (Wildman–Crippen MR) is 136 cm³/mol. The molecule has 0 bridgehead atoms. The molecule has 2 aromatic carbocycles. The average molecular weight is 477 g/mol. The lowest BCUT2D eigenvalue weighted by Gasteiger charge is -2.36. The van der Waals surface area contributed by atoms with E-state index < -0.39 is 0 Å². The topological polar surface area (TPSA) is 68.2 Å². The number of rotatable bonds is 6. The highest BCUT2D eigenvalue weighted by Gasteiger charge is 2.36. The fraction of sp³-hybridized carbons (Fsp3) is 0.483. The largest absolute Gasteiger partial charge is 0.497 e. The molecule has 1 saturated carbocycles. The van der Waals surface area contributed by atoms with Gasteiger partial charge in [-0.05, 0) is 60.3 Å². The zero-order chi connectivity index (χ0) is 25.0. The zero-order valence-electron chi connectivity index (χ0n) is 21.2. The van der Waals surface area contributed by atoms with Crippen LogP contribution in [0.25, 0.3) is 0 Å². The van der Waals surface area contributed by atoms with Gasteiger partial charge in [-0.15, -0.1) is 0 Å². The van der Waals surface area contributed by atoms with E-state index in [-0.39, 0.29) is 35.9 Å². The molecular formula is C29H36N2O4. The first-order chi connectivity index (χ1) is 16.8. The molecule has 0 saturated heterocycles. The first kappa shape index (κ1) is 25.0. The Morgan fingerprint density at radius 1 is 0.971 bits per heavy atom. The van der Waals surface area contributed by atoms with Gasteiger partial charge in [-0.1, -0.05) is 63.2 Å². The summed E-state index contributed by atoms with van der Waals surface area (Å²) in [5.41, 5.74) is 3.03. The highest BCUT2D eigenvalue weighted by molar-refractivity contribution is 6.03. The second-order valence-electron chi connectivity index (χ2n) is 10.7. The first-order valence-electron chi connectivity index (χ1n) is 12.5. The zero-order valence-corrected chi connectivity index (χ0v) is 21.2. The van der Waals surface area contributed by atoms with Crippen molar-refractivity contribution in [1.29, 1.82) is 0 Å². The quantitative estimate of drug-likeness (QED) is 0.497. The molecule has 1 heterocycles. The molecule has 1 fully saturated rings. The van der Waals surface area contributed by atoms with Crippen LogP contribution in [-0.2, 0) is 14.3 Å². The lowest BCUT2D eigenvalue weighted by atomic mass is 9.70. The number of benzene rings is 2. The van der Waals surface area contributed by atoms with Crippen LogP contribution < -0.4 is 4.74 Å². The summed E-state index contributed by atoms with van der Waals surface area (Å²) < 4.78 is 10.8. The van der Waals surface area contributed by atoms with E-state index in [9.17, 15) is 9.59 Å². The van der Waals surface area contributed by atoms with Crippen molar-refractivity contribution in [2.24, 2.45) is 22.4 Å². The van der Waals surface area contributed by atoms with Crippen molar-refractivity contribution >= 4 is 17.6 Å². The van der Waals surface area contributed by atoms with Gasteiger partial charge >= 0.3 is 5.97 Å². The lowest BCUT2D eigenvalue weighted by molar-refractivity contribution is -0.157. The number of hydrazone groups is 1. The van der Waals surface area contributed by atoms with E-state index in [0.717, 1.165) is 48.3 Å². The summed E-state index contributed by atoms with van der Waals surface area (Å²) in [4.78, 5) is 26.0. The molecule has 0 radical (unpaired) electrons. The van der Waals surface area contributed by atoms with Gasteiger partial charge in [-0.2, -0.15) is 5.10 Å². The number of esters is 1. The number of ether oxygens (including phenoxy) is 2. The normalized spacial score (nSPS) is 22.5. The molecule has 186 valence electrons. The summed E-state index contributed by atoms with van der Waals surface area (Å²) >= 11 is 0. The van der Waals surface area contributed by atoms with E-state index in [1.54, 1.807) is 7.11 Å². The van der Waals surface area contributed by atoms with Crippen LogP contribution in [0, 0.1) is 17.3 Å². The van der Waals surface area contributed by atoms with Crippen LogP contribution in [0.15, 0.2) is 59.7 Å². The van der Waals surface area contributed by atoms with E-state index in [0.29, 0.717) is 12.3 Å². The smallest absolute Gasteiger partial charge is 0.309 e. The van der Waals surface area contributed by atoms with E-state index in [2.05, 4.69) is 25.9 Å². The molecule has 1 amide bonds. The highest BCUT2D eigenvalue weighted by Crippen LogP contribution is 2.40. The van der Waals surface area contributed by atoms with Gasteiger partial charge in [-0.25, -0.2) is 5.01 Å². The summed E-state index contributed by atoms with van der Waals surface area (Å²) in [6.07, 6.45) is 4.28. The summed E-state index contributed by atoms with van der Waals surface area (Å²) in [5, 5.41) is 6.14. The molecule has 0 aromatic heterocycles. The van der Waals surface area contributed by atoms with Gasteiger partial charge in [0.1, 0.15) is 5.75 Å². The number of nitrogens with zero attached hydrogens (tertiary/aromatic N) is 2. The fourth-order valence-corrected chi connectivity index (χ4v) is 5.14. The summed E-state index contributed by atoms with van der Waals surface area (Å²) in [5.74, 6) is 0.671. The standard InChI is InChI=1S/C29H36N2O4/c1-29(2,3)23-14-10-22(11-15-23)28(33)35-19-27(32)31-26(21-12-16-24(34-4)17-13-21)18-25(30-31)20-8-6-5-7-9-20/h5-9,12-13,16-17,22-23,26H,10-11,14-15,18-19H2,1-4H3/t22?,23?,26-/m0/s1. The van der Waals surface area contributed by atoms with Crippen LogP contribution >= 0.6 is 0 Å². The lowest BCUT2D eigenvalue weighted by Crippen LogP contribution is -2.34. The van der Waals surface area contributed by atoms with Gasteiger partial charge in [0.25, 0.3) is 5.91 Å². The third-order valence-corrected chi connectivity index (χ3v) is 7.40. The minimum atomic E-state index is -0.312. The summed E-state index contributed by atoms with van der Waals surface area (Å²) in [6, 6.07) is 17.3. The van der Waals surface area contributed by atoms with E-state index in [1.807, 2.05) is 54.6 Å². The van der Waals surface area contributed by atoms with Crippen molar-refractivity contribution in [2.75, 3.05) is 13.7 Å². The van der Waals surface area contributed by atoms with Gasteiger partial charge in [-0.3, -0.25) is 9.59 Å². The molecule has 1 atom stereocenters. The van der Waals surface area contributed by atoms with E-state index in [4.69, 9.17) is 9.47 Å². The summed E-state index contributed by atoms with van der Waals surface area (Å²) in [6.45, 7) is 6.48. The Balaban J connectivity index is 1.43. The number of hydrogen-bond acceptors (Lipinski definition) is 5. The molecule has 6 nitrogen and oxygen atoms in total. The number of carbonyl (C=O) groups is 2. The van der Waals surface area contributed by atoms with Crippen LogP contribution in [0.3, 0.4) is 0 Å². The van der Waals surface area contributed by atoms with Crippen molar-refractivity contribution < 1.29 is 19.1 Å². The molecule has 0 unspecified atom stereocenters. The second-order valence-corrected chi connectivity index (χ2v) is 10.7. The average Bonchev–Trinajstić information content (AvgIpc) is 3.33. The van der Waals surface area contributed by atoms with Crippen LogP contribution in [0.1, 0.15) is 70.0 Å². The van der Waals surface area contributed by atoms with E-state index in [1.165, 1.54) is 5.01 Å². The predicted octanol–water partition coefficient (Wildman–Crippen LogP) is 5.77. The molecule has 35 heavy (non-hydrogen) atoms. The van der Waals surface area contributed by atoms with Gasteiger partial charge in [0.15, 0.2) is 6.61 Å². The molecule has 6 heteroatoms. The van der Waals surface area contributed by atoms with Gasteiger partial charge < -0.3 is 9.47 Å². The molecule has 1 aliphatic carbocycles. The fourth-order valence-electron chi connectivity index (χ4n) is 5.14. The van der Waals surface area contributed by atoms with Crippen molar-refractivity contribution in [3.8, 4) is 5.75 Å². The molecule has 1 aliphatic heterocycles. The Hall–Kier alpha value is -3.15. The van der Waals surface area contributed by atoms with Gasteiger partial charge in [0, 0.05) is 6.42 Å². The first-order valence-corrected chi connectivity index (χ1v) is 12.5. The number of carbonyl (C=O) groups excluding carboxylic acids is 2. The van der Waals surface area contributed by atoms with Gasteiger partial charge in [0.05, 0.1) is 24.8 Å². The summed E-state index contributed by atoms with van der Waals surface area (Å²) in [7, 11) is 1.63. The molecule has 0 N–H and O–H groups in total. The molecule has 4 rings (SSSR count). The van der Waals surface area contributed by atoms with Crippen LogP contribution in [-0.4, -0.2) is 36.3 Å². The van der Waals surface area contributed by atoms with Crippen molar-refractivity contribution in [1.82, 2.24) is 5.01 Å².